The fourth-order valence-electron chi connectivity index (χ4n) is 5.92. The third-order valence-corrected chi connectivity index (χ3v) is 7.51. The summed E-state index contributed by atoms with van der Waals surface area (Å²) in [5.41, 5.74) is -0.283. The Morgan fingerprint density at radius 1 is 1.11 bits per heavy atom. The Morgan fingerprint density at radius 2 is 1.91 bits per heavy atom. The molecule has 2 fully saturated rings. The number of hydrogen-bond acceptors (Lipinski definition) is 6. The highest BCUT2D eigenvalue weighted by Crippen LogP contribution is 2.53. The van der Waals surface area contributed by atoms with E-state index in [1.807, 2.05) is 61.6 Å². The molecular weight excluding hydrogens is 448 g/mol. The Balaban J connectivity index is 1.55. The summed E-state index contributed by atoms with van der Waals surface area (Å²) in [6.07, 6.45) is 8.36. The number of carbonyl (C=O) groups is 3. The number of likely N-dealkylation sites (tertiary alicyclic amines) is 1. The van der Waals surface area contributed by atoms with Crippen molar-refractivity contribution in [3.05, 3.63) is 60.2 Å². The fourth-order valence-corrected chi connectivity index (χ4v) is 5.92. The molecule has 0 aromatic heterocycles. The van der Waals surface area contributed by atoms with Crippen molar-refractivity contribution in [1.29, 1.82) is 0 Å². The number of nitrogens with zero attached hydrogens (tertiary/aromatic N) is 2. The maximum Gasteiger partial charge on any atom is 0.313 e. The summed E-state index contributed by atoms with van der Waals surface area (Å²) in [5, 5.41) is 9.47. The first kappa shape index (κ1) is 23.8. The molecule has 1 aromatic rings. The van der Waals surface area contributed by atoms with Gasteiger partial charge in [-0.2, -0.15) is 0 Å². The largest absolute Gasteiger partial charge is 0.462 e. The van der Waals surface area contributed by atoms with Gasteiger partial charge in [0.2, 0.25) is 11.8 Å². The van der Waals surface area contributed by atoms with Crippen molar-refractivity contribution in [1.82, 2.24) is 9.80 Å². The molecule has 35 heavy (non-hydrogen) atoms. The molecule has 4 aliphatic rings. The van der Waals surface area contributed by atoms with E-state index in [0.717, 1.165) is 12.0 Å². The van der Waals surface area contributed by atoms with Crippen molar-refractivity contribution >= 4 is 17.8 Å². The van der Waals surface area contributed by atoms with Gasteiger partial charge in [0.05, 0.1) is 18.1 Å². The second kappa shape index (κ2) is 9.59. The number of esters is 1. The van der Waals surface area contributed by atoms with Gasteiger partial charge < -0.3 is 24.4 Å². The standard InChI is InChI=1S/C27H32N2O6/c1-18-9-5-6-12-20-21(26(33)34-18)22-24(31)29(15-8-16-30)23-25(32)28(14-7-13-27(22,23)35-20)17-19-10-3-2-4-11-19/h2-4,6-7,10-13,18,20-23,30H,5,8-9,14-17H2,1H3/b12-6-/t18?,20-,21?,22+,23-,27?/m1/s1. The van der Waals surface area contributed by atoms with Crippen LogP contribution in [0.15, 0.2) is 54.6 Å². The van der Waals surface area contributed by atoms with Crippen LogP contribution in [0.3, 0.4) is 0 Å². The zero-order valence-electron chi connectivity index (χ0n) is 19.9. The number of ether oxygens (including phenoxy) is 2. The third kappa shape index (κ3) is 4.08. The number of allylic oxidation sites excluding steroid dienone is 1. The molecule has 2 amide bonds. The van der Waals surface area contributed by atoms with E-state index >= 15 is 0 Å². The lowest BCUT2D eigenvalue weighted by atomic mass is 9.78. The number of benzene rings is 1. The Hall–Kier alpha value is -2.97. The van der Waals surface area contributed by atoms with Crippen LogP contribution < -0.4 is 0 Å². The maximum absolute atomic E-state index is 14.0. The van der Waals surface area contributed by atoms with Crippen LogP contribution in [0.25, 0.3) is 0 Å². The predicted molar refractivity (Wildman–Crippen MR) is 127 cm³/mol. The smallest absolute Gasteiger partial charge is 0.313 e. The van der Waals surface area contributed by atoms with Gasteiger partial charge in [0.15, 0.2) is 0 Å². The zero-order chi connectivity index (χ0) is 24.6. The van der Waals surface area contributed by atoms with Gasteiger partial charge in [-0.05, 0) is 31.7 Å². The first-order chi connectivity index (χ1) is 17.0. The molecule has 186 valence electrons. The number of hydrogen-bond donors (Lipinski definition) is 1. The van der Waals surface area contributed by atoms with Crippen LogP contribution in [0, 0.1) is 11.8 Å². The molecule has 1 aromatic carbocycles. The molecular formula is C27H32N2O6. The van der Waals surface area contributed by atoms with E-state index in [1.165, 1.54) is 4.90 Å². The van der Waals surface area contributed by atoms with Crippen LogP contribution in [0.5, 0.6) is 0 Å². The highest BCUT2D eigenvalue weighted by molar-refractivity contribution is 5.99. The molecule has 2 saturated heterocycles. The number of fused-ring (bicyclic) bond motifs is 2. The second-order valence-electron chi connectivity index (χ2n) is 9.81. The van der Waals surface area contributed by atoms with Gasteiger partial charge in [-0.3, -0.25) is 14.4 Å². The van der Waals surface area contributed by atoms with Crippen molar-refractivity contribution < 1.29 is 29.0 Å². The summed E-state index contributed by atoms with van der Waals surface area (Å²) >= 11 is 0. The Morgan fingerprint density at radius 3 is 2.69 bits per heavy atom. The third-order valence-electron chi connectivity index (χ3n) is 7.51. The Bertz CT molecular complexity index is 1040. The number of carbonyl (C=O) groups excluding carboxylic acids is 3. The van der Waals surface area contributed by atoms with E-state index in [-0.39, 0.29) is 31.1 Å². The summed E-state index contributed by atoms with van der Waals surface area (Å²) in [6.45, 7) is 2.72. The predicted octanol–water partition coefficient (Wildman–Crippen LogP) is 1.83. The van der Waals surface area contributed by atoms with Crippen LogP contribution in [0.2, 0.25) is 0 Å². The second-order valence-corrected chi connectivity index (χ2v) is 9.81. The summed E-state index contributed by atoms with van der Waals surface area (Å²) in [4.78, 5) is 44.4. The first-order valence-electron chi connectivity index (χ1n) is 12.4. The van der Waals surface area contributed by atoms with Crippen LogP contribution in [-0.4, -0.2) is 76.2 Å². The Labute approximate surface area is 205 Å². The molecule has 0 radical (unpaired) electrons. The van der Waals surface area contributed by atoms with Crippen LogP contribution >= 0.6 is 0 Å². The maximum atomic E-state index is 14.0. The number of aliphatic hydroxyl groups excluding tert-OH is 1. The number of rotatable bonds is 5. The lowest BCUT2D eigenvalue weighted by molar-refractivity contribution is -0.158. The fraction of sp³-hybridized carbons (Fsp3) is 0.519. The molecule has 0 saturated carbocycles. The van der Waals surface area contributed by atoms with Gasteiger partial charge in [-0.1, -0.05) is 54.6 Å². The molecule has 8 heteroatoms. The van der Waals surface area contributed by atoms with Crippen molar-refractivity contribution in [3.8, 4) is 0 Å². The van der Waals surface area contributed by atoms with Crippen LogP contribution in [0.4, 0.5) is 0 Å². The van der Waals surface area contributed by atoms with Crippen LogP contribution in [0.1, 0.15) is 31.7 Å². The molecule has 6 atom stereocenters. The van der Waals surface area contributed by atoms with Crippen LogP contribution in [-0.2, 0) is 30.4 Å². The molecule has 3 unspecified atom stereocenters. The number of aliphatic hydroxyl groups is 1. The monoisotopic (exact) mass is 480 g/mol. The van der Waals surface area contributed by atoms with Crippen molar-refractivity contribution in [3.63, 3.8) is 0 Å². The topological polar surface area (TPSA) is 96.4 Å². The molecule has 1 spiro atoms. The van der Waals surface area contributed by atoms with Crippen molar-refractivity contribution in [2.75, 3.05) is 19.7 Å². The van der Waals surface area contributed by atoms with E-state index in [2.05, 4.69) is 0 Å². The van der Waals surface area contributed by atoms with E-state index in [0.29, 0.717) is 25.9 Å². The lowest BCUT2D eigenvalue weighted by Crippen LogP contribution is -2.55. The van der Waals surface area contributed by atoms with E-state index in [1.54, 1.807) is 4.90 Å². The first-order valence-corrected chi connectivity index (χ1v) is 12.4. The average molecular weight is 481 g/mol. The van der Waals surface area contributed by atoms with E-state index in [9.17, 15) is 19.5 Å². The molecule has 0 bridgehead atoms. The highest BCUT2D eigenvalue weighted by Gasteiger charge is 2.71. The number of cyclic esters (lactones) is 1. The highest BCUT2D eigenvalue weighted by atomic mass is 16.6. The van der Waals surface area contributed by atoms with Gasteiger partial charge in [0.1, 0.15) is 17.6 Å². The van der Waals surface area contributed by atoms with Crippen molar-refractivity contribution in [2.45, 2.75) is 56.6 Å². The number of amides is 2. The average Bonchev–Trinajstić information content (AvgIpc) is 3.25. The summed E-state index contributed by atoms with van der Waals surface area (Å²) < 4.78 is 12.3. The molecule has 0 aliphatic carbocycles. The molecule has 5 rings (SSSR count). The van der Waals surface area contributed by atoms with E-state index < -0.39 is 35.6 Å². The quantitative estimate of drug-likeness (QED) is 0.510. The zero-order valence-corrected chi connectivity index (χ0v) is 19.9. The lowest BCUT2D eigenvalue weighted by Gasteiger charge is -2.35. The Kier molecular flexibility index (Phi) is 6.51. The molecule has 4 heterocycles. The molecule has 8 nitrogen and oxygen atoms in total. The minimum atomic E-state index is -1.27. The van der Waals surface area contributed by atoms with Gasteiger partial charge in [-0.15, -0.1) is 0 Å². The SMILES string of the molecule is CC1CC/C=C\[C@H]2OC34C=CCN(Cc5ccccc5)C(=O)[C@H]3N(CCCO)C(=O)[C@@H]4C2C(=O)O1. The normalized spacial score (nSPS) is 35.4. The van der Waals surface area contributed by atoms with E-state index in [4.69, 9.17) is 9.47 Å². The van der Waals surface area contributed by atoms with Crippen molar-refractivity contribution in [2.24, 2.45) is 11.8 Å². The van der Waals surface area contributed by atoms with Gasteiger partial charge in [-0.25, -0.2) is 0 Å². The minimum absolute atomic E-state index is 0.110. The summed E-state index contributed by atoms with van der Waals surface area (Å²) in [7, 11) is 0. The summed E-state index contributed by atoms with van der Waals surface area (Å²) in [6, 6.07) is 8.79. The van der Waals surface area contributed by atoms with Gasteiger partial charge in [0.25, 0.3) is 0 Å². The molecule has 4 aliphatic heterocycles. The van der Waals surface area contributed by atoms with Gasteiger partial charge in [0, 0.05) is 26.2 Å². The van der Waals surface area contributed by atoms with Gasteiger partial charge >= 0.3 is 5.97 Å². The summed E-state index contributed by atoms with van der Waals surface area (Å²) in [5.74, 6) is -2.68. The minimum Gasteiger partial charge on any atom is -0.462 e. The molecule has 1 N–H and O–H groups in total.